The van der Waals surface area contributed by atoms with E-state index in [1.807, 2.05) is 55.6 Å². The van der Waals surface area contributed by atoms with Gasteiger partial charge < -0.3 is 4.42 Å². The summed E-state index contributed by atoms with van der Waals surface area (Å²) in [5, 5.41) is 8.53. The quantitative estimate of drug-likeness (QED) is 0.498. The molecular weight excluding hydrogens is 384 g/mol. The summed E-state index contributed by atoms with van der Waals surface area (Å²) in [6.07, 6.45) is 6.04. The van der Waals surface area contributed by atoms with Crippen LogP contribution < -0.4 is 11.1 Å². The van der Waals surface area contributed by atoms with Crippen LogP contribution in [0.1, 0.15) is 18.2 Å². The predicted octanol–water partition coefficient (Wildman–Crippen LogP) is 2.60. The van der Waals surface area contributed by atoms with Gasteiger partial charge in [0.1, 0.15) is 17.8 Å². The van der Waals surface area contributed by atoms with E-state index in [4.69, 9.17) is 4.42 Å². The Labute approximate surface area is 171 Å². The van der Waals surface area contributed by atoms with E-state index < -0.39 is 11.6 Å². The number of amides is 1. The van der Waals surface area contributed by atoms with Crippen molar-refractivity contribution in [2.45, 2.75) is 20.4 Å². The zero-order chi connectivity index (χ0) is 21.1. The lowest BCUT2D eigenvalue weighted by Gasteiger charge is -1.99. The molecule has 0 spiro atoms. The van der Waals surface area contributed by atoms with Gasteiger partial charge in [-0.05, 0) is 44.2 Å². The van der Waals surface area contributed by atoms with E-state index in [9.17, 15) is 9.59 Å². The summed E-state index contributed by atoms with van der Waals surface area (Å²) in [7, 11) is 0. The van der Waals surface area contributed by atoms with Crippen molar-refractivity contribution >= 4 is 12.0 Å². The number of aromatic nitrogens is 5. The number of hydrogen-bond acceptors (Lipinski definition) is 5. The minimum Gasteiger partial charge on any atom is -0.460 e. The molecule has 0 aliphatic rings. The Balaban J connectivity index is 1.63. The Kier molecular flexibility index (Phi) is 5.17. The smallest absolute Gasteiger partial charge is 0.364 e. The molecule has 9 nitrogen and oxygen atoms in total. The Bertz CT molecular complexity index is 1260. The van der Waals surface area contributed by atoms with Gasteiger partial charge in [0.25, 0.3) is 5.91 Å². The first kappa shape index (κ1) is 19.2. The van der Waals surface area contributed by atoms with Crippen LogP contribution in [0.2, 0.25) is 0 Å². The molecule has 4 rings (SSSR count). The molecule has 1 aromatic carbocycles. The lowest BCUT2D eigenvalue weighted by atomic mass is 10.2. The van der Waals surface area contributed by atoms with Crippen LogP contribution in [-0.2, 0) is 11.3 Å². The SMILES string of the molecule is CCn1ncn(NC(=O)/C=C/c2cn(-c3ccccc3)nc2-c2ccc(C)o2)c1=O. The molecule has 0 fully saturated rings. The third kappa shape index (κ3) is 3.86. The zero-order valence-electron chi connectivity index (χ0n) is 16.5. The van der Waals surface area contributed by atoms with Gasteiger partial charge in [-0.25, -0.2) is 14.2 Å². The summed E-state index contributed by atoms with van der Waals surface area (Å²) in [4.78, 5) is 24.3. The fourth-order valence-electron chi connectivity index (χ4n) is 2.93. The second kappa shape index (κ2) is 8.08. The van der Waals surface area contributed by atoms with Crippen LogP contribution in [-0.4, -0.2) is 30.1 Å². The average molecular weight is 404 g/mol. The van der Waals surface area contributed by atoms with E-state index in [1.165, 1.54) is 17.1 Å². The fraction of sp³-hybridized carbons (Fsp3) is 0.143. The Morgan fingerprint density at radius 3 is 2.67 bits per heavy atom. The first-order valence-corrected chi connectivity index (χ1v) is 9.40. The van der Waals surface area contributed by atoms with Gasteiger partial charge in [0, 0.05) is 24.4 Å². The van der Waals surface area contributed by atoms with Gasteiger partial charge in [-0.1, -0.05) is 18.2 Å². The Hall–Kier alpha value is -4.14. The van der Waals surface area contributed by atoms with Crippen LogP contribution in [0.4, 0.5) is 0 Å². The van der Waals surface area contributed by atoms with Crippen molar-refractivity contribution in [3.8, 4) is 17.1 Å². The van der Waals surface area contributed by atoms with E-state index in [-0.39, 0.29) is 0 Å². The average Bonchev–Trinajstić information content (AvgIpc) is 3.46. The molecule has 30 heavy (non-hydrogen) atoms. The molecule has 0 atom stereocenters. The van der Waals surface area contributed by atoms with Crippen molar-refractivity contribution in [1.29, 1.82) is 0 Å². The normalized spacial score (nSPS) is 11.3. The highest BCUT2D eigenvalue weighted by molar-refractivity contribution is 5.97. The minimum absolute atomic E-state index is 0.414. The molecule has 3 aromatic heterocycles. The number of furan rings is 1. The van der Waals surface area contributed by atoms with E-state index in [0.717, 1.165) is 16.1 Å². The first-order chi connectivity index (χ1) is 14.5. The molecule has 9 heteroatoms. The van der Waals surface area contributed by atoms with Gasteiger partial charge >= 0.3 is 5.69 Å². The number of para-hydroxylation sites is 1. The Morgan fingerprint density at radius 2 is 2.00 bits per heavy atom. The van der Waals surface area contributed by atoms with Crippen LogP contribution in [0.15, 0.2) is 70.3 Å². The largest absolute Gasteiger partial charge is 0.460 e. The van der Waals surface area contributed by atoms with Crippen LogP contribution >= 0.6 is 0 Å². The Morgan fingerprint density at radius 1 is 1.20 bits per heavy atom. The lowest BCUT2D eigenvalue weighted by Crippen LogP contribution is -2.33. The molecule has 3 heterocycles. The van der Waals surface area contributed by atoms with Crippen molar-refractivity contribution in [3.63, 3.8) is 0 Å². The number of carbonyl (C=O) groups excluding carboxylic acids is 1. The van der Waals surface area contributed by atoms with Gasteiger partial charge in [0.15, 0.2) is 5.76 Å². The fourth-order valence-corrected chi connectivity index (χ4v) is 2.93. The standard InChI is InChI=1S/C21H20N6O3/c1-3-25-21(29)27(14-22-25)23-19(28)12-10-16-13-26(17-7-5-4-6-8-17)24-20(16)18-11-9-15(2)30-18/h4-14H,3H2,1-2H3,(H,23,28)/b12-10+. The highest BCUT2D eigenvalue weighted by Gasteiger charge is 2.14. The molecule has 0 bridgehead atoms. The molecule has 1 N–H and O–H groups in total. The molecule has 0 radical (unpaired) electrons. The maximum absolute atomic E-state index is 12.3. The lowest BCUT2D eigenvalue weighted by molar-refractivity contribution is -0.112. The summed E-state index contributed by atoms with van der Waals surface area (Å²) >= 11 is 0. The number of nitrogens with zero attached hydrogens (tertiary/aromatic N) is 5. The summed E-state index contributed by atoms with van der Waals surface area (Å²) in [6, 6.07) is 13.3. The van der Waals surface area contributed by atoms with Gasteiger partial charge in [0.05, 0.1) is 5.69 Å². The molecule has 0 saturated heterocycles. The third-order valence-corrected chi connectivity index (χ3v) is 4.41. The number of nitrogens with one attached hydrogen (secondary N) is 1. The summed E-state index contributed by atoms with van der Waals surface area (Å²) < 4.78 is 9.73. The van der Waals surface area contributed by atoms with Crippen molar-refractivity contribution in [3.05, 3.63) is 82.9 Å². The molecule has 0 unspecified atom stereocenters. The summed E-state index contributed by atoms with van der Waals surface area (Å²) in [5.41, 5.74) is 4.24. The minimum atomic E-state index is -0.471. The van der Waals surface area contributed by atoms with Crippen molar-refractivity contribution < 1.29 is 9.21 Å². The van der Waals surface area contributed by atoms with Crippen molar-refractivity contribution in [2.24, 2.45) is 0 Å². The van der Waals surface area contributed by atoms with Gasteiger partial charge in [-0.2, -0.15) is 14.9 Å². The van der Waals surface area contributed by atoms with E-state index in [0.29, 0.717) is 23.6 Å². The second-order valence-corrected chi connectivity index (χ2v) is 6.53. The predicted molar refractivity (Wildman–Crippen MR) is 112 cm³/mol. The van der Waals surface area contributed by atoms with Crippen LogP contribution in [0.3, 0.4) is 0 Å². The van der Waals surface area contributed by atoms with Crippen molar-refractivity contribution in [2.75, 3.05) is 5.43 Å². The van der Waals surface area contributed by atoms with Gasteiger partial charge in [0.2, 0.25) is 0 Å². The molecular formula is C21H20N6O3. The molecule has 1 amide bonds. The van der Waals surface area contributed by atoms with Gasteiger partial charge in [-0.15, -0.1) is 0 Å². The van der Waals surface area contributed by atoms with Crippen LogP contribution in [0.25, 0.3) is 23.2 Å². The number of hydrogen-bond donors (Lipinski definition) is 1. The summed E-state index contributed by atoms with van der Waals surface area (Å²) in [5.74, 6) is 0.892. The molecule has 152 valence electrons. The number of rotatable bonds is 6. The second-order valence-electron chi connectivity index (χ2n) is 6.53. The number of carbonyl (C=O) groups is 1. The first-order valence-electron chi connectivity index (χ1n) is 9.40. The molecule has 4 aromatic rings. The maximum atomic E-state index is 12.3. The summed E-state index contributed by atoms with van der Waals surface area (Å²) in [6.45, 7) is 4.07. The van der Waals surface area contributed by atoms with Gasteiger partial charge in [-0.3, -0.25) is 10.2 Å². The number of aryl methyl sites for hydroxylation is 2. The van der Waals surface area contributed by atoms with Crippen LogP contribution in [0, 0.1) is 6.92 Å². The van der Waals surface area contributed by atoms with Crippen molar-refractivity contribution in [1.82, 2.24) is 24.2 Å². The molecule has 0 saturated carbocycles. The highest BCUT2D eigenvalue weighted by atomic mass is 16.3. The molecule has 0 aliphatic carbocycles. The topological polar surface area (TPSA) is 99.9 Å². The molecule has 0 aliphatic heterocycles. The van der Waals surface area contributed by atoms with E-state index in [1.54, 1.807) is 17.7 Å². The third-order valence-electron chi connectivity index (χ3n) is 4.41. The zero-order valence-corrected chi connectivity index (χ0v) is 16.5. The maximum Gasteiger partial charge on any atom is 0.364 e. The van der Waals surface area contributed by atoms with Crippen LogP contribution in [0.5, 0.6) is 0 Å². The van der Waals surface area contributed by atoms with E-state index >= 15 is 0 Å². The highest BCUT2D eigenvalue weighted by Crippen LogP contribution is 2.26. The number of benzene rings is 1. The van der Waals surface area contributed by atoms with E-state index in [2.05, 4.69) is 15.6 Å². The monoisotopic (exact) mass is 404 g/mol.